The summed E-state index contributed by atoms with van der Waals surface area (Å²) in [7, 11) is 0. The molecule has 0 radical (unpaired) electrons. The number of nitrogens with two attached hydrogens (primary N) is 1. The third kappa shape index (κ3) is 5.32. The summed E-state index contributed by atoms with van der Waals surface area (Å²) in [4.78, 5) is 14.2. The molecule has 2 N–H and O–H groups in total. The normalized spacial score (nSPS) is 10.9. The maximum absolute atomic E-state index is 12.3. The van der Waals surface area contributed by atoms with Crippen LogP contribution in [-0.2, 0) is 17.9 Å². The number of carbonyl (C=O) groups is 1. The standard InChI is InChI=1S/C14H27N5OS/c1-4-7-18(8-5-2)13(20)11-21-14-17-16-12(10-15)19(14)9-6-3/h4-11,15H2,1-3H3. The van der Waals surface area contributed by atoms with E-state index in [4.69, 9.17) is 5.73 Å². The van der Waals surface area contributed by atoms with Crippen molar-refractivity contribution in [1.29, 1.82) is 0 Å². The minimum atomic E-state index is 0.170. The highest BCUT2D eigenvalue weighted by molar-refractivity contribution is 7.99. The molecule has 0 spiro atoms. The number of carbonyl (C=O) groups excluding carboxylic acids is 1. The van der Waals surface area contributed by atoms with Gasteiger partial charge in [0.25, 0.3) is 0 Å². The lowest BCUT2D eigenvalue weighted by atomic mass is 10.3. The SMILES string of the molecule is CCCN(CCC)C(=O)CSc1nnc(CN)n1CCC. The van der Waals surface area contributed by atoms with Crippen molar-refractivity contribution in [2.24, 2.45) is 5.73 Å². The van der Waals surface area contributed by atoms with Crippen LogP contribution in [0.1, 0.15) is 45.9 Å². The van der Waals surface area contributed by atoms with Crippen LogP contribution in [0.15, 0.2) is 5.16 Å². The minimum Gasteiger partial charge on any atom is -0.342 e. The summed E-state index contributed by atoms with van der Waals surface area (Å²) in [6, 6.07) is 0. The molecular weight excluding hydrogens is 286 g/mol. The first-order chi connectivity index (χ1) is 10.2. The van der Waals surface area contributed by atoms with Crippen LogP contribution in [0, 0.1) is 0 Å². The number of amides is 1. The molecule has 21 heavy (non-hydrogen) atoms. The van der Waals surface area contributed by atoms with E-state index >= 15 is 0 Å². The second-order valence-electron chi connectivity index (χ2n) is 4.92. The monoisotopic (exact) mass is 313 g/mol. The zero-order valence-electron chi connectivity index (χ0n) is 13.3. The Bertz CT molecular complexity index is 429. The highest BCUT2D eigenvalue weighted by Crippen LogP contribution is 2.18. The lowest BCUT2D eigenvalue weighted by Crippen LogP contribution is -2.33. The van der Waals surface area contributed by atoms with E-state index in [1.165, 1.54) is 11.8 Å². The van der Waals surface area contributed by atoms with Gasteiger partial charge in [-0.25, -0.2) is 0 Å². The van der Waals surface area contributed by atoms with E-state index in [1.54, 1.807) is 0 Å². The predicted octanol–water partition coefficient (Wildman–Crippen LogP) is 1.89. The molecule has 120 valence electrons. The number of thioether (sulfide) groups is 1. The van der Waals surface area contributed by atoms with Crippen LogP contribution < -0.4 is 5.73 Å². The highest BCUT2D eigenvalue weighted by atomic mass is 32.2. The summed E-state index contributed by atoms with van der Waals surface area (Å²) in [5.41, 5.74) is 5.67. The molecule has 1 heterocycles. The molecule has 0 saturated carbocycles. The summed E-state index contributed by atoms with van der Waals surface area (Å²) in [5, 5.41) is 9.04. The van der Waals surface area contributed by atoms with Gasteiger partial charge in [-0.15, -0.1) is 10.2 Å². The number of hydrogen-bond acceptors (Lipinski definition) is 5. The molecule has 7 heteroatoms. The summed E-state index contributed by atoms with van der Waals surface area (Å²) < 4.78 is 2.02. The van der Waals surface area contributed by atoms with Crippen LogP contribution in [-0.4, -0.2) is 44.4 Å². The van der Waals surface area contributed by atoms with Crippen LogP contribution >= 0.6 is 11.8 Å². The van der Waals surface area contributed by atoms with Crippen LogP contribution in [0.5, 0.6) is 0 Å². The average Bonchev–Trinajstić information content (AvgIpc) is 2.87. The molecule has 0 fully saturated rings. The maximum Gasteiger partial charge on any atom is 0.233 e. The molecule has 1 aromatic rings. The van der Waals surface area contributed by atoms with Crippen LogP contribution in [0.25, 0.3) is 0 Å². The fourth-order valence-corrected chi connectivity index (χ4v) is 3.03. The van der Waals surface area contributed by atoms with E-state index < -0.39 is 0 Å². The van der Waals surface area contributed by atoms with Crippen molar-refractivity contribution in [2.45, 2.75) is 58.3 Å². The Hall–Kier alpha value is -1.08. The Labute approximate surface area is 131 Å². The van der Waals surface area contributed by atoms with E-state index in [0.717, 1.165) is 49.9 Å². The Morgan fingerprint density at radius 3 is 2.38 bits per heavy atom. The first-order valence-electron chi connectivity index (χ1n) is 7.70. The summed E-state index contributed by atoms with van der Waals surface area (Å²) in [6.07, 6.45) is 2.96. The smallest absolute Gasteiger partial charge is 0.233 e. The molecule has 1 rings (SSSR count). The zero-order valence-corrected chi connectivity index (χ0v) is 14.2. The number of aromatic nitrogens is 3. The molecule has 6 nitrogen and oxygen atoms in total. The number of rotatable bonds is 10. The summed E-state index contributed by atoms with van der Waals surface area (Å²) in [5.74, 6) is 1.36. The van der Waals surface area contributed by atoms with Crippen molar-refractivity contribution in [1.82, 2.24) is 19.7 Å². The molecule has 1 amide bonds. The summed E-state index contributed by atoms with van der Waals surface area (Å²) >= 11 is 1.45. The van der Waals surface area contributed by atoms with Gasteiger partial charge in [-0.2, -0.15) is 0 Å². The van der Waals surface area contributed by atoms with E-state index in [-0.39, 0.29) is 5.91 Å². The predicted molar refractivity (Wildman–Crippen MR) is 86.1 cm³/mol. The van der Waals surface area contributed by atoms with Crippen LogP contribution in [0.3, 0.4) is 0 Å². The van der Waals surface area contributed by atoms with Crippen molar-refractivity contribution in [2.75, 3.05) is 18.8 Å². The average molecular weight is 313 g/mol. The van der Waals surface area contributed by atoms with Crippen LogP contribution in [0.2, 0.25) is 0 Å². The van der Waals surface area contributed by atoms with Gasteiger partial charge in [-0.1, -0.05) is 32.5 Å². The molecule has 0 atom stereocenters. The van der Waals surface area contributed by atoms with Crippen molar-refractivity contribution >= 4 is 17.7 Å². The van der Waals surface area contributed by atoms with Gasteiger partial charge in [0.05, 0.1) is 12.3 Å². The third-order valence-electron chi connectivity index (χ3n) is 3.09. The Kier molecular flexibility index (Phi) is 8.37. The molecule has 0 aliphatic heterocycles. The molecular formula is C14H27N5OS. The first-order valence-corrected chi connectivity index (χ1v) is 8.69. The van der Waals surface area contributed by atoms with Gasteiger partial charge in [0, 0.05) is 19.6 Å². The van der Waals surface area contributed by atoms with Crippen molar-refractivity contribution in [3.8, 4) is 0 Å². The maximum atomic E-state index is 12.3. The number of nitrogens with zero attached hydrogens (tertiary/aromatic N) is 4. The molecule has 0 bridgehead atoms. The fourth-order valence-electron chi connectivity index (χ4n) is 2.14. The van der Waals surface area contributed by atoms with Gasteiger partial charge in [-0.05, 0) is 19.3 Å². The van der Waals surface area contributed by atoms with E-state index in [9.17, 15) is 4.79 Å². The largest absolute Gasteiger partial charge is 0.342 e. The first kappa shape index (κ1) is 18.0. The molecule has 1 aromatic heterocycles. The van der Waals surface area contributed by atoms with E-state index in [0.29, 0.717) is 12.3 Å². The van der Waals surface area contributed by atoms with Gasteiger partial charge < -0.3 is 15.2 Å². The molecule has 0 saturated heterocycles. The summed E-state index contributed by atoms with van der Waals surface area (Å²) in [6.45, 7) is 9.14. The highest BCUT2D eigenvalue weighted by Gasteiger charge is 2.16. The third-order valence-corrected chi connectivity index (χ3v) is 4.04. The van der Waals surface area contributed by atoms with Gasteiger partial charge in [0.2, 0.25) is 5.91 Å². The Morgan fingerprint density at radius 2 is 1.86 bits per heavy atom. The minimum absolute atomic E-state index is 0.170. The lowest BCUT2D eigenvalue weighted by Gasteiger charge is -2.21. The van der Waals surface area contributed by atoms with Crippen molar-refractivity contribution in [3.63, 3.8) is 0 Å². The van der Waals surface area contributed by atoms with Gasteiger partial charge in [-0.3, -0.25) is 4.79 Å². The van der Waals surface area contributed by atoms with Gasteiger partial charge in [0.15, 0.2) is 5.16 Å². The molecule has 0 aliphatic rings. The van der Waals surface area contributed by atoms with Gasteiger partial charge >= 0.3 is 0 Å². The van der Waals surface area contributed by atoms with Crippen molar-refractivity contribution in [3.05, 3.63) is 5.82 Å². The lowest BCUT2D eigenvalue weighted by molar-refractivity contribution is -0.128. The quantitative estimate of drug-likeness (QED) is 0.667. The van der Waals surface area contributed by atoms with Crippen molar-refractivity contribution < 1.29 is 4.79 Å². The van der Waals surface area contributed by atoms with E-state index in [1.807, 2.05) is 9.47 Å². The van der Waals surface area contributed by atoms with Crippen LogP contribution in [0.4, 0.5) is 0 Å². The second kappa shape index (κ2) is 9.78. The molecule has 0 aromatic carbocycles. The second-order valence-corrected chi connectivity index (χ2v) is 5.87. The van der Waals surface area contributed by atoms with E-state index in [2.05, 4.69) is 31.0 Å². The number of hydrogen-bond donors (Lipinski definition) is 1. The zero-order chi connectivity index (χ0) is 15.7. The van der Waals surface area contributed by atoms with Gasteiger partial charge in [0.1, 0.15) is 5.82 Å². The fraction of sp³-hybridized carbons (Fsp3) is 0.786. The Balaban J connectivity index is 2.65. The molecule has 0 unspecified atom stereocenters. The molecule has 0 aliphatic carbocycles. The Morgan fingerprint density at radius 1 is 1.19 bits per heavy atom. The topological polar surface area (TPSA) is 77.0 Å².